The second-order valence-corrected chi connectivity index (χ2v) is 3.13. The van der Waals surface area contributed by atoms with E-state index in [0.29, 0.717) is 18.6 Å². The molecule has 0 aromatic heterocycles. The first-order valence-electron chi connectivity index (χ1n) is 4.44. The van der Waals surface area contributed by atoms with Gasteiger partial charge in [0, 0.05) is 12.8 Å². The van der Waals surface area contributed by atoms with Crippen LogP contribution < -0.4 is 0 Å². The molecule has 0 atom stereocenters. The van der Waals surface area contributed by atoms with E-state index in [4.69, 9.17) is 0 Å². The van der Waals surface area contributed by atoms with E-state index < -0.39 is 0 Å². The summed E-state index contributed by atoms with van der Waals surface area (Å²) in [6.45, 7) is 7.59. The minimum atomic E-state index is 0.312. The van der Waals surface area contributed by atoms with Gasteiger partial charge in [0.15, 0.2) is 0 Å². The van der Waals surface area contributed by atoms with E-state index in [0.717, 1.165) is 18.4 Å². The predicted molar refractivity (Wildman–Crippen MR) is 53.1 cm³/mol. The number of ketones is 1. The van der Waals surface area contributed by atoms with Crippen molar-refractivity contribution in [3.05, 3.63) is 24.3 Å². The zero-order chi connectivity index (χ0) is 9.40. The lowest BCUT2D eigenvalue weighted by Gasteiger charge is -1.97. The number of hydrogen-bond donors (Lipinski definition) is 0. The van der Waals surface area contributed by atoms with Crippen molar-refractivity contribution in [2.24, 2.45) is 0 Å². The topological polar surface area (TPSA) is 17.1 Å². The van der Waals surface area contributed by atoms with E-state index in [1.807, 2.05) is 19.9 Å². The van der Waals surface area contributed by atoms with Gasteiger partial charge in [-0.15, -0.1) is 0 Å². The van der Waals surface area contributed by atoms with Gasteiger partial charge in [0.2, 0.25) is 0 Å². The molecule has 0 amide bonds. The largest absolute Gasteiger partial charge is 0.299 e. The highest BCUT2D eigenvalue weighted by atomic mass is 16.1. The fraction of sp³-hybridized carbons (Fsp3) is 0.545. The first-order valence-corrected chi connectivity index (χ1v) is 4.44. The van der Waals surface area contributed by atoms with E-state index in [1.54, 1.807) is 0 Å². The molecule has 0 fully saturated rings. The van der Waals surface area contributed by atoms with Gasteiger partial charge in [0.25, 0.3) is 0 Å². The van der Waals surface area contributed by atoms with Crippen LogP contribution >= 0.6 is 0 Å². The Morgan fingerprint density at radius 3 is 2.67 bits per heavy atom. The van der Waals surface area contributed by atoms with E-state index in [1.165, 1.54) is 0 Å². The molecular weight excluding hydrogens is 148 g/mol. The Morgan fingerprint density at radius 1 is 1.50 bits per heavy atom. The van der Waals surface area contributed by atoms with Crippen LogP contribution in [0.1, 0.15) is 39.5 Å². The molecule has 0 aliphatic rings. The van der Waals surface area contributed by atoms with Crippen molar-refractivity contribution in [3.8, 4) is 0 Å². The first-order chi connectivity index (χ1) is 5.66. The van der Waals surface area contributed by atoms with Gasteiger partial charge >= 0.3 is 0 Å². The van der Waals surface area contributed by atoms with Crippen LogP contribution in [0.2, 0.25) is 0 Å². The number of rotatable bonds is 6. The Kier molecular flexibility index (Phi) is 6.35. The molecule has 0 saturated carbocycles. The zero-order valence-corrected chi connectivity index (χ0v) is 8.10. The molecule has 0 spiro atoms. The molecule has 1 nitrogen and oxygen atoms in total. The fourth-order valence-corrected chi connectivity index (χ4v) is 1.01. The van der Waals surface area contributed by atoms with Gasteiger partial charge in [0.05, 0.1) is 0 Å². The lowest BCUT2D eigenvalue weighted by atomic mass is 10.1. The molecule has 0 saturated heterocycles. The van der Waals surface area contributed by atoms with Crippen LogP contribution in [0.3, 0.4) is 0 Å². The summed E-state index contributed by atoms with van der Waals surface area (Å²) in [6, 6.07) is 0. The van der Waals surface area contributed by atoms with Crippen molar-refractivity contribution < 1.29 is 4.79 Å². The van der Waals surface area contributed by atoms with Crippen molar-refractivity contribution in [1.82, 2.24) is 0 Å². The SMILES string of the molecule is C=C(C)CC(=O)CCC/C=C/C. The van der Waals surface area contributed by atoms with Crippen molar-refractivity contribution in [1.29, 1.82) is 0 Å². The van der Waals surface area contributed by atoms with Crippen LogP contribution in [0.5, 0.6) is 0 Å². The van der Waals surface area contributed by atoms with Gasteiger partial charge in [-0.2, -0.15) is 0 Å². The summed E-state index contributed by atoms with van der Waals surface area (Å²) < 4.78 is 0. The molecule has 68 valence electrons. The molecule has 0 heterocycles. The standard InChI is InChI=1S/C11H18O/c1-4-5-6-7-8-11(12)9-10(2)3/h4-5H,2,6-9H2,1,3H3/b5-4+. The van der Waals surface area contributed by atoms with Gasteiger partial charge in [-0.25, -0.2) is 0 Å². The molecule has 0 aromatic carbocycles. The summed E-state index contributed by atoms with van der Waals surface area (Å²) in [7, 11) is 0. The van der Waals surface area contributed by atoms with Gasteiger partial charge in [-0.05, 0) is 26.7 Å². The number of Topliss-reactive ketones (excluding diaryl/α,β-unsaturated/α-hetero) is 1. The van der Waals surface area contributed by atoms with Crippen LogP contribution in [0, 0.1) is 0 Å². The Balaban J connectivity index is 3.38. The molecule has 0 bridgehead atoms. The van der Waals surface area contributed by atoms with Crippen LogP contribution in [0.15, 0.2) is 24.3 Å². The van der Waals surface area contributed by atoms with Crippen LogP contribution in [0.25, 0.3) is 0 Å². The Bertz CT molecular complexity index is 177. The number of allylic oxidation sites excluding steroid dienone is 3. The maximum atomic E-state index is 11.1. The van der Waals surface area contributed by atoms with Crippen molar-refractivity contribution in [2.75, 3.05) is 0 Å². The molecule has 1 heteroatoms. The van der Waals surface area contributed by atoms with Crippen molar-refractivity contribution >= 4 is 5.78 Å². The smallest absolute Gasteiger partial charge is 0.136 e. The number of unbranched alkanes of at least 4 members (excludes halogenated alkanes) is 1. The third kappa shape index (κ3) is 7.26. The minimum Gasteiger partial charge on any atom is -0.299 e. The molecule has 0 rings (SSSR count). The number of carbonyl (C=O) groups is 1. The summed E-state index contributed by atoms with van der Waals surface area (Å²) in [5.41, 5.74) is 0.964. The molecule has 0 aromatic rings. The van der Waals surface area contributed by atoms with Gasteiger partial charge in [0.1, 0.15) is 5.78 Å². The van der Waals surface area contributed by atoms with Crippen LogP contribution in [-0.4, -0.2) is 5.78 Å². The van der Waals surface area contributed by atoms with Crippen LogP contribution in [-0.2, 0) is 4.79 Å². The summed E-state index contributed by atoms with van der Waals surface area (Å²) in [5, 5.41) is 0. The maximum absolute atomic E-state index is 11.1. The number of hydrogen-bond acceptors (Lipinski definition) is 1. The average molecular weight is 166 g/mol. The van der Waals surface area contributed by atoms with Crippen LogP contribution in [0.4, 0.5) is 0 Å². The maximum Gasteiger partial charge on any atom is 0.136 e. The van der Waals surface area contributed by atoms with E-state index in [-0.39, 0.29) is 0 Å². The van der Waals surface area contributed by atoms with E-state index >= 15 is 0 Å². The minimum absolute atomic E-state index is 0.312. The van der Waals surface area contributed by atoms with Crippen molar-refractivity contribution in [2.45, 2.75) is 39.5 Å². The van der Waals surface area contributed by atoms with E-state index in [2.05, 4.69) is 12.7 Å². The highest BCUT2D eigenvalue weighted by Crippen LogP contribution is 2.04. The van der Waals surface area contributed by atoms with Gasteiger partial charge < -0.3 is 0 Å². The van der Waals surface area contributed by atoms with E-state index in [9.17, 15) is 4.79 Å². The number of carbonyl (C=O) groups excluding carboxylic acids is 1. The highest BCUT2D eigenvalue weighted by molar-refractivity contribution is 5.80. The Hall–Kier alpha value is -0.850. The van der Waals surface area contributed by atoms with Gasteiger partial charge in [-0.1, -0.05) is 24.3 Å². The molecule has 0 aliphatic carbocycles. The summed E-state index contributed by atoms with van der Waals surface area (Å²) in [5.74, 6) is 0.312. The summed E-state index contributed by atoms with van der Waals surface area (Å²) in [4.78, 5) is 11.1. The molecule has 0 N–H and O–H groups in total. The Morgan fingerprint density at radius 2 is 2.17 bits per heavy atom. The second kappa shape index (κ2) is 6.84. The zero-order valence-electron chi connectivity index (χ0n) is 8.10. The average Bonchev–Trinajstić information content (AvgIpc) is 1.97. The first kappa shape index (κ1) is 11.2. The molecule has 0 unspecified atom stereocenters. The summed E-state index contributed by atoms with van der Waals surface area (Å²) in [6.07, 6.45) is 7.33. The lowest BCUT2D eigenvalue weighted by Crippen LogP contribution is -1.97. The summed E-state index contributed by atoms with van der Waals surface area (Å²) >= 11 is 0. The molecular formula is C11H18O. The predicted octanol–water partition coefficient (Wildman–Crippen LogP) is 3.27. The highest BCUT2D eigenvalue weighted by Gasteiger charge is 1.99. The lowest BCUT2D eigenvalue weighted by molar-refractivity contribution is -0.118. The van der Waals surface area contributed by atoms with Crippen molar-refractivity contribution in [3.63, 3.8) is 0 Å². The monoisotopic (exact) mass is 166 g/mol. The Labute approximate surface area is 75.2 Å². The molecule has 0 aliphatic heterocycles. The normalized spacial score (nSPS) is 10.5. The third-order valence-electron chi connectivity index (χ3n) is 1.56. The molecule has 0 radical (unpaired) electrons. The third-order valence-corrected chi connectivity index (χ3v) is 1.56. The fourth-order valence-electron chi connectivity index (χ4n) is 1.01. The van der Waals surface area contributed by atoms with Gasteiger partial charge in [-0.3, -0.25) is 4.79 Å². The quantitative estimate of drug-likeness (QED) is 0.437. The molecule has 12 heavy (non-hydrogen) atoms. The second-order valence-electron chi connectivity index (χ2n) is 3.13.